The molecule has 0 saturated carbocycles. The Labute approximate surface area is 369 Å². The molecule has 10 aromatic carbocycles. The Balaban J connectivity index is 1.13. The normalized spacial score (nSPS) is 13.7. The van der Waals surface area contributed by atoms with Crippen LogP contribution in [0.2, 0.25) is 0 Å². The Kier molecular flexibility index (Phi) is 8.69. The monoisotopic (exact) mass is 801 g/mol. The van der Waals surface area contributed by atoms with E-state index in [1.807, 2.05) is 0 Å². The van der Waals surface area contributed by atoms with Crippen LogP contribution in [0.15, 0.2) is 261 Å². The molecule has 63 heavy (non-hydrogen) atoms. The largest absolute Gasteiger partial charge is 0.310 e. The van der Waals surface area contributed by atoms with E-state index in [1.54, 1.807) is 0 Å². The van der Waals surface area contributed by atoms with E-state index in [2.05, 4.69) is 266 Å². The van der Waals surface area contributed by atoms with Crippen LogP contribution in [0.25, 0.3) is 33.4 Å². The molecule has 10 aromatic rings. The Morgan fingerprint density at radius 1 is 0.222 bits per heavy atom. The second-order valence-corrected chi connectivity index (χ2v) is 16.8. The molecule has 1 nitrogen and oxygen atoms in total. The Bertz CT molecular complexity index is 3190. The van der Waals surface area contributed by atoms with Crippen molar-refractivity contribution in [2.75, 3.05) is 4.90 Å². The van der Waals surface area contributed by atoms with E-state index in [9.17, 15) is 0 Å². The highest BCUT2D eigenvalue weighted by molar-refractivity contribution is 5.93. The lowest BCUT2D eigenvalue weighted by Crippen LogP contribution is -2.29. The summed E-state index contributed by atoms with van der Waals surface area (Å²) in [4.78, 5) is 2.48. The molecule has 12 rings (SSSR count). The number of benzene rings is 10. The highest BCUT2D eigenvalue weighted by atomic mass is 15.1. The van der Waals surface area contributed by atoms with Crippen molar-refractivity contribution in [2.24, 2.45) is 0 Å². The quantitative estimate of drug-likeness (QED) is 0.148. The first-order chi connectivity index (χ1) is 31.3. The Hall–Kier alpha value is -8.00. The summed E-state index contributed by atoms with van der Waals surface area (Å²) in [6, 6.07) is 96.4. The molecule has 0 unspecified atom stereocenters. The summed E-state index contributed by atoms with van der Waals surface area (Å²) >= 11 is 0. The third kappa shape index (κ3) is 5.56. The molecule has 0 amide bonds. The fourth-order valence-corrected chi connectivity index (χ4v) is 11.1. The number of fused-ring (bicyclic) bond motifs is 6. The molecule has 0 fully saturated rings. The number of anilines is 3. The van der Waals surface area contributed by atoms with Crippen LogP contribution in [0.5, 0.6) is 0 Å². The molecule has 0 heterocycles. The number of rotatable bonds is 8. The third-order valence-electron chi connectivity index (χ3n) is 13.6. The minimum absolute atomic E-state index is 0.477. The molecule has 0 radical (unpaired) electrons. The van der Waals surface area contributed by atoms with Crippen molar-refractivity contribution in [3.8, 4) is 33.4 Å². The van der Waals surface area contributed by atoms with Gasteiger partial charge in [-0.25, -0.2) is 0 Å². The molecule has 296 valence electrons. The average Bonchev–Trinajstić information content (AvgIpc) is 3.83. The molecule has 0 spiro atoms. The molecule has 0 bridgehead atoms. The van der Waals surface area contributed by atoms with Crippen LogP contribution < -0.4 is 4.90 Å². The zero-order chi connectivity index (χ0) is 41.8. The van der Waals surface area contributed by atoms with E-state index in [1.165, 1.54) is 77.9 Å². The minimum atomic E-state index is -0.524. The lowest BCUT2D eigenvalue weighted by atomic mass is 9.67. The van der Waals surface area contributed by atoms with Gasteiger partial charge in [0.05, 0.1) is 10.8 Å². The van der Waals surface area contributed by atoms with Gasteiger partial charge in [-0.3, -0.25) is 0 Å². The maximum absolute atomic E-state index is 2.48. The fourth-order valence-electron chi connectivity index (χ4n) is 11.1. The van der Waals surface area contributed by atoms with Crippen LogP contribution in [0, 0.1) is 0 Å². The maximum Gasteiger partial charge on any atom is 0.0714 e. The van der Waals surface area contributed by atoms with Gasteiger partial charge in [-0.15, -0.1) is 0 Å². The van der Waals surface area contributed by atoms with Gasteiger partial charge in [-0.2, -0.15) is 0 Å². The summed E-state index contributed by atoms with van der Waals surface area (Å²) in [5, 5.41) is 0. The molecule has 2 aliphatic carbocycles. The lowest BCUT2D eigenvalue weighted by Gasteiger charge is -2.35. The summed E-state index contributed by atoms with van der Waals surface area (Å²) in [6.07, 6.45) is 0. The van der Waals surface area contributed by atoms with Crippen LogP contribution in [0.3, 0.4) is 0 Å². The molecule has 1 heteroatoms. The maximum atomic E-state index is 2.48. The van der Waals surface area contributed by atoms with Crippen molar-refractivity contribution in [3.63, 3.8) is 0 Å². The highest BCUT2D eigenvalue weighted by Crippen LogP contribution is 2.59. The van der Waals surface area contributed by atoms with Crippen molar-refractivity contribution in [1.82, 2.24) is 0 Å². The molecular weight excluding hydrogens is 759 g/mol. The molecule has 2 aliphatic rings. The molecule has 0 aliphatic heterocycles. The topological polar surface area (TPSA) is 3.24 Å². The van der Waals surface area contributed by atoms with Crippen molar-refractivity contribution in [3.05, 3.63) is 305 Å². The number of nitrogens with zero attached hydrogens (tertiary/aromatic N) is 1. The van der Waals surface area contributed by atoms with E-state index < -0.39 is 10.8 Å². The van der Waals surface area contributed by atoms with Gasteiger partial charge in [0.1, 0.15) is 0 Å². The molecule has 0 atom stereocenters. The summed E-state index contributed by atoms with van der Waals surface area (Å²) in [7, 11) is 0. The first-order valence-electron chi connectivity index (χ1n) is 21.9. The predicted octanol–water partition coefficient (Wildman–Crippen LogP) is 15.5. The number of hydrogen-bond donors (Lipinski definition) is 0. The predicted molar refractivity (Wildman–Crippen MR) is 261 cm³/mol. The first kappa shape index (κ1) is 36.8. The van der Waals surface area contributed by atoms with Gasteiger partial charge in [0.15, 0.2) is 0 Å². The molecular formula is C62H43N. The third-order valence-corrected chi connectivity index (χ3v) is 13.6. The van der Waals surface area contributed by atoms with E-state index in [-0.39, 0.29) is 0 Å². The molecule has 0 aromatic heterocycles. The fraction of sp³-hybridized carbons (Fsp3) is 0.0323. The zero-order valence-corrected chi connectivity index (χ0v) is 34.8. The lowest BCUT2D eigenvalue weighted by molar-refractivity contribution is 0.768. The van der Waals surface area contributed by atoms with Crippen molar-refractivity contribution < 1.29 is 0 Å². The van der Waals surface area contributed by atoms with Crippen molar-refractivity contribution in [1.29, 1.82) is 0 Å². The second kappa shape index (κ2) is 14.9. The van der Waals surface area contributed by atoms with Crippen molar-refractivity contribution >= 4 is 17.1 Å². The van der Waals surface area contributed by atoms with Crippen LogP contribution in [0.4, 0.5) is 17.1 Å². The van der Waals surface area contributed by atoms with E-state index in [4.69, 9.17) is 0 Å². The van der Waals surface area contributed by atoms with Gasteiger partial charge in [0.25, 0.3) is 0 Å². The summed E-state index contributed by atoms with van der Waals surface area (Å²) < 4.78 is 0. The summed E-state index contributed by atoms with van der Waals surface area (Å²) in [6.45, 7) is 0. The second-order valence-electron chi connectivity index (χ2n) is 16.8. The molecule has 0 saturated heterocycles. The van der Waals surface area contributed by atoms with E-state index in [0.29, 0.717) is 0 Å². The van der Waals surface area contributed by atoms with Gasteiger partial charge in [0, 0.05) is 17.1 Å². The van der Waals surface area contributed by atoms with Gasteiger partial charge in [-0.1, -0.05) is 224 Å². The molecule has 0 N–H and O–H groups in total. The highest BCUT2D eigenvalue weighted by Gasteiger charge is 2.48. The standard InChI is InChI=1S/C62H43N/c1-6-21-44(22-7-1)45-23-20-32-50(41-45)63(51-38-40-59-56(42-51)54-34-17-19-36-58(54)61(59,46-24-8-2-9-25-46)47-26-10-3-11-27-47)52-37-39-55-53-33-16-18-35-57(53)62(60(55)43-52,48-28-12-4-13-29-48)49-30-14-5-15-31-49/h1-43H. The van der Waals surface area contributed by atoms with Crippen molar-refractivity contribution in [2.45, 2.75) is 10.8 Å². The van der Waals surface area contributed by atoms with Crippen LogP contribution in [0.1, 0.15) is 44.5 Å². The Morgan fingerprint density at radius 2 is 0.603 bits per heavy atom. The minimum Gasteiger partial charge on any atom is -0.310 e. The van der Waals surface area contributed by atoms with Gasteiger partial charge < -0.3 is 4.90 Å². The smallest absolute Gasteiger partial charge is 0.0714 e. The van der Waals surface area contributed by atoms with Crippen LogP contribution >= 0.6 is 0 Å². The summed E-state index contributed by atoms with van der Waals surface area (Å²) in [5.74, 6) is 0. The average molecular weight is 802 g/mol. The SMILES string of the molecule is c1ccc(-c2cccc(N(c3ccc4c(c3)-c3ccccc3C4(c3ccccc3)c3ccccc3)c3ccc4c(c3)C(c3ccccc3)(c3ccccc3)c3ccccc3-4)c2)cc1. The van der Waals surface area contributed by atoms with Gasteiger partial charge in [-0.05, 0) is 114 Å². The number of hydrogen-bond acceptors (Lipinski definition) is 1. The van der Waals surface area contributed by atoms with E-state index in [0.717, 1.165) is 17.1 Å². The zero-order valence-electron chi connectivity index (χ0n) is 34.8. The van der Waals surface area contributed by atoms with Gasteiger partial charge in [0.2, 0.25) is 0 Å². The van der Waals surface area contributed by atoms with E-state index >= 15 is 0 Å². The summed E-state index contributed by atoms with van der Waals surface area (Å²) in [5.41, 5.74) is 19.9. The Morgan fingerprint density at radius 3 is 1.16 bits per heavy atom. The van der Waals surface area contributed by atoms with Crippen LogP contribution in [-0.4, -0.2) is 0 Å². The van der Waals surface area contributed by atoms with Crippen LogP contribution in [-0.2, 0) is 10.8 Å². The van der Waals surface area contributed by atoms with Gasteiger partial charge >= 0.3 is 0 Å². The first-order valence-corrected chi connectivity index (χ1v) is 21.9.